The molecule has 138 valence electrons. The number of fused-ring (bicyclic) bond motifs is 1. The molecule has 0 aromatic heterocycles. The minimum atomic E-state index is -0.462. The highest BCUT2D eigenvalue weighted by atomic mass is 16.6. The van der Waals surface area contributed by atoms with Crippen LogP contribution < -0.4 is 18.9 Å². The summed E-state index contributed by atoms with van der Waals surface area (Å²) < 4.78 is 27.7. The summed E-state index contributed by atoms with van der Waals surface area (Å²) in [6.07, 6.45) is -0.413. The number of hydrogen-bond donors (Lipinski definition) is 0. The summed E-state index contributed by atoms with van der Waals surface area (Å²) in [5, 5.41) is 0. The Morgan fingerprint density at radius 1 is 1.00 bits per heavy atom. The SMILES string of the molecule is COc1ccc([C@H]2Oc3cc(OC)cc(OC)c3C[C@H]2OC(C)=O)cc1. The maximum atomic E-state index is 11.6. The highest BCUT2D eigenvalue weighted by Crippen LogP contribution is 2.43. The van der Waals surface area contributed by atoms with Crippen LogP contribution in [0.15, 0.2) is 36.4 Å². The first-order chi connectivity index (χ1) is 12.5. The molecule has 0 radical (unpaired) electrons. The van der Waals surface area contributed by atoms with Crippen molar-refractivity contribution in [2.24, 2.45) is 0 Å². The zero-order valence-electron chi connectivity index (χ0n) is 15.3. The summed E-state index contributed by atoms with van der Waals surface area (Å²) in [7, 11) is 4.79. The lowest BCUT2D eigenvalue weighted by molar-refractivity contribution is -0.152. The van der Waals surface area contributed by atoms with Gasteiger partial charge in [0, 0.05) is 31.0 Å². The molecule has 0 amide bonds. The molecule has 0 N–H and O–H groups in total. The highest BCUT2D eigenvalue weighted by Gasteiger charge is 2.35. The van der Waals surface area contributed by atoms with E-state index < -0.39 is 12.2 Å². The molecule has 3 rings (SSSR count). The maximum absolute atomic E-state index is 11.6. The molecule has 1 aliphatic rings. The Labute approximate surface area is 152 Å². The molecule has 1 heterocycles. The maximum Gasteiger partial charge on any atom is 0.303 e. The van der Waals surface area contributed by atoms with Crippen molar-refractivity contribution in [1.82, 2.24) is 0 Å². The minimum absolute atomic E-state index is 0.354. The van der Waals surface area contributed by atoms with Crippen molar-refractivity contribution in [2.45, 2.75) is 25.6 Å². The first-order valence-electron chi connectivity index (χ1n) is 8.28. The normalized spacial score (nSPS) is 18.3. The van der Waals surface area contributed by atoms with Gasteiger partial charge in [-0.25, -0.2) is 0 Å². The number of ether oxygens (including phenoxy) is 5. The Morgan fingerprint density at radius 2 is 1.69 bits per heavy atom. The molecular formula is C20H22O6. The fourth-order valence-corrected chi connectivity index (χ4v) is 3.12. The average molecular weight is 358 g/mol. The van der Waals surface area contributed by atoms with Crippen molar-refractivity contribution in [1.29, 1.82) is 0 Å². The summed E-state index contributed by atoms with van der Waals surface area (Å²) in [6.45, 7) is 1.39. The highest BCUT2D eigenvalue weighted by molar-refractivity contribution is 5.66. The van der Waals surface area contributed by atoms with Crippen molar-refractivity contribution in [3.05, 3.63) is 47.5 Å². The van der Waals surface area contributed by atoms with Crippen molar-refractivity contribution in [3.63, 3.8) is 0 Å². The van der Waals surface area contributed by atoms with Gasteiger partial charge in [-0.1, -0.05) is 12.1 Å². The van der Waals surface area contributed by atoms with Crippen molar-refractivity contribution >= 4 is 5.97 Å². The minimum Gasteiger partial charge on any atom is -0.497 e. The summed E-state index contributed by atoms with van der Waals surface area (Å²) in [4.78, 5) is 11.6. The van der Waals surface area contributed by atoms with Gasteiger partial charge in [0.25, 0.3) is 0 Å². The quantitative estimate of drug-likeness (QED) is 0.764. The van der Waals surface area contributed by atoms with Gasteiger partial charge in [-0.15, -0.1) is 0 Å². The Morgan fingerprint density at radius 3 is 2.27 bits per heavy atom. The van der Waals surface area contributed by atoms with Crippen LogP contribution in [-0.2, 0) is 16.0 Å². The first kappa shape index (κ1) is 17.9. The number of carbonyl (C=O) groups excluding carboxylic acids is 1. The summed E-state index contributed by atoms with van der Waals surface area (Å²) in [6, 6.07) is 11.1. The zero-order valence-corrected chi connectivity index (χ0v) is 15.3. The molecular weight excluding hydrogens is 336 g/mol. The van der Waals surface area contributed by atoms with E-state index in [1.807, 2.05) is 30.3 Å². The summed E-state index contributed by atoms with van der Waals surface area (Å²) in [5.41, 5.74) is 1.74. The van der Waals surface area contributed by atoms with E-state index in [1.165, 1.54) is 6.92 Å². The van der Waals surface area contributed by atoms with Gasteiger partial charge in [0.2, 0.25) is 0 Å². The molecule has 0 saturated heterocycles. The van der Waals surface area contributed by atoms with Crippen LogP contribution in [0.2, 0.25) is 0 Å². The van der Waals surface area contributed by atoms with E-state index in [2.05, 4.69) is 0 Å². The molecule has 0 unspecified atom stereocenters. The molecule has 6 heteroatoms. The molecule has 0 spiro atoms. The van der Waals surface area contributed by atoms with E-state index >= 15 is 0 Å². The second kappa shape index (κ2) is 7.56. The fourth-order valence-electron chi connectivity index (χ4n) is 3.12. The lowest BCUT2D eigenvalue weighted by Crippen LogP contribution is -2.34. The Kier molecular flexibility index (Phi) is 5.21. The molecule has 26 heavy (non-hydrogen) atoms. The number of hydrogen-bond acceptors (Lipinski definition) is 6. The van der Waals surface area contributed by atoms with Gasteiger partial charge < -0.3 is 23.7 Å². The number of esters is 1. The number of benzene rings is 2. The fraction of sp³-hybridized carbons (Fsp3) is 0.350. The Balaban J connectivity index is 2.01. The van der Waals surface area contributed by atoms with Crippen LogP contribution in [-0.4, -0.2) is 33.4 Å². The van der Waals surface area contributed by atoms with E-state index in [0.717, 1.165) is 16.9 Å². The topological polar surface area (TPSA) is 63.2 Å². The number of methoxy groups -OCH3 is 3. The molecule has 2 aromatic rings. The van der Waals surface area contributed by atoms with Crippen LogP contribution in [0, 0.1) is 0 Å². The third-order valence-electron chi connectivity index (χ3n) is 4.36. The standard InChI is InChI=1S/C20H22O6/c1-12(21)25-19-11-16-17(24-4)9-15(23-3)10-18(16)26-20(19)13-5-7-14(22-2)8-6-13/h5-10,19-20H,11H2,1-4H3/t19-,20-/m1/s1. The molecule has 0 saturated carbocycles. The van der Waals surface area contributed by atoms with E-state index in [9.17, 15) is 4.79 Å². The molecule has 0 fully saturated rings. The average Bonchev–Trinajstić information content (AvgIpc) is 2.66. The van der Waals surface area contributed by atoms with Gasteiger partial charge in [0.1, 0.15) is 29.1 Å². The first-order valence-corrected chi connectivity index (χ1v) is 8.28. The van der Waals surface area contributed by atoms with Crippen LogP contribution in [0.5, 0.6) is 23.0 Å². The number of rotatable bonds is 5. The molecule has 1 aliphatic heterocycles. The van der Waals surface area contributed by atoms with Crippen LogP contribution in [0.1, 0.15) is 24.2 Å². The Hall–Kier alpha value is -2.89. The van der Waals surface area contributed by atoms with Gasteiger partial charge in [-0.2, -0.15) is 0 Å². The van der Waals surface area contributed by atoms with Gasteiger partial charge >= 0.3 is 5.97 Å². The van der Waals surface area contributed by atoms with Crippen LogP contribution in [0.4, 0.5) is 0 Å². The molecule has 2 aromatic carbocycles. The zero-order chi connectivity index (χ0) is 18.7. The van der Waals surface area contributed by atoms with Gasteiger partial charge in [-0.05, 0) is 17.7 Å². The predicted octanol–water partition coefficient (Wildman–Crippen LogP) is 3.32. The second-order valence-electron chi connectivity index (χ2n) is 5.97. The third kappa shape index (κ3) is 3.54. The van der Waals surface area contributed by atoms with Crippen molar-refractivity contribution in [3.8, 4) is 23.0 Å². The molecule has 6 nitrogen and oxygen atoms in total. The van der Waals surface area contributed by atoms with Crippen molar-refractivity contribution in [2.75, 3.05) is 21.3 Å². The van der Waals surface area contributed by atoms with Crippen LogP contribution in [0.3, 0.4) is 0 Å². The summed E-state index contributed by atoms with van der Waals surface area (Å²) >= 11 is 0. The van der Waals surface area contributed by atoms with Crippen molar-refractivity contribution < 1.29 is 28.5 Å². The van der Waals surface area contributed by atoms with Gasteiger partial charge in [0.15, 0.2) is 6.10 Å². The lowest BCUT2D eigenvalue weighted by Gasteiger charge is -2.34. The molecule has 0 bridgehead atoms. The van der Waals surface area contributed by atoms with Crippen LogP contribution in [0.25, 0.3) is 0 Å². The smallest absolute Gasteiger partial charge is 0.303 e. The van der Waals surface area contributed by atoms with E-state index in [-0.39, 0.29) is 5.97 Å². The van der Waals surface area contributed by atoms with Gasteiger partial charge in [0.05, 0.1) is 21.3 Å². The van der Waals surface area contributed by atoms with E-state index in [4.69, 9.17) is 23.7 Å². The van der Waals surface area contributed by atoms with E-state index in [1.54, 1.807) is 27.4 Å². The largest absolute Gasteiger partial charge is 0.497 e. The second-order valence-corrected chi connectivity index (χ2v) is 5.97. The predicted molar refractivity (Wildman–Crippen MR) is 95.2 cm³/mol. The van der Waals surface area contributed by atoms with Crippen LogP contribution >= 0.6 is 0 Å². The summed E-state index contributed by atoms with van der Waals surface area (Å²) in [5.74, 6) is 2.33. The third-order valence-corrected chi connectivity index (χ3v) is 4.36. The number of carbonyl (C=O) groups is 1. The molecule has 2 atom stereocenters. The van der Waals surface area contributed by atoms with Gasteiger partial charge in [-0.3, -0.25) is 4.79 Å². The monoisotopic (exact) mass is 358 g/mol. The van der Waals surface area contributed by atoms with E-state index in [0.29, 0.717) is 23.7 Å². The Bertz CT molecular complexity index is 784. The molecule has 0 aliphatic carbocycles. The lowest BCUT2D eigenvalue weighted by atomic mass is 9.93.